The van der Waals surface area contributed by atoms with Gasteiger partial charge < -0.3 is 9.73 Å². The fourth-order valence-corrected chi connectivity index (χ4v) is 4.58. The maximum absolute atomic E-state index is 12.5. The van der Waals surface area contributed by atoms with Crippen molar-refractivity contribution < 1.29 is 12.8 Å². The zero-order valence-electron chi connectivity index (χ0n) is 12.7. The van der Waals surface area contributed by atoms with Gasteiger partial charge in [-0.25, -0.2) is 13.1 Å². The number of aryl methyl sites for hydroxylation is 1. The Bertz CT molecular complexity index is 604. The minimum Gasteiger partial charge on any atom is -0.464 e. The maximum Gasteiger partial charge on any atom is 0.244 e. The van der Waals surface area contributed by atoms with Crippen molar-refractivity contribution in [3.8, 4) is 0 Å². The van der Waals surface area contributed by atoms with Gasteiger partial charge in [-0.15, -0.1) is 0 Å². The summed E-state index contributed by atoms with van der Waals surface area (Å²) in [6, 6.07) is 2.29. The smallest absolute Gasteiger partial charge is 0.244 e. The van der Waals surface area contributed by atoms with Crippen LogP contribution in [0.2, 0.25) is 0 Å². The fourth-order valence-electron chi connectivity index (χ4n) is 2.99. The summed E-state index contributed by atoms with van der Waals surface area (Å²) in [5.41, 5.74) is 0. The Morgan fingerprint density at radius 1 is 1.29 bits per heavy atom. The van der Waals surface area contributed by atoms with Gasteiger partial charge in [0.1, 0.15) is 16.4 Å². The normalized spacial score (nSPS) is 26.4. The summed E-state index contributed by atoms with van der Waals surface area (Å²) in [5.74, 6) is 1.57. The molecule has 0 radical (unpaired) electrons. The third kappa shape index (κ3) is 3.49. The predicted octanol–water partition coefficient (Wildman–Crippen LogP) is 2.31. The molecule has 0 spiro atoms. The van der Waals surface area contributed by atoms with E-state index in [1.165, 1.54) is 12.8 Å². The Kier molecular flexibility index (Phi) is 4.12. The molecule has 2 unspecified atom stereocenters. The van der Waals surface area contributed by atoms with Crippen LogP contribution in [0.4, 0.5) is 0 Å². The van der Waals surface area contributed by atoms with Crippen LogP contribution in [-0.2, 0) is 16.6 Å². The van der Waals surface area contributed by atoms with E-state index in [0.717, 1.165) is 19.3 Å². The molecule has 2 atom stereocenters. The van der Waals surface area contributed by atoms with Crippen LogP contribution in [0.3, 0.4) is 0 Å². The van der Waals surface area contributed by atoms with Crippen LogP contribution in [0.25, 0.3) is 0 Å². The van der Waals surface area contributed by atoms with Crippen LogP contribution in [0, 0.1) is 12.8 Å². The molecule has 1 aromatic heterocycles. The van der Waals surface area contributed by atoms with Crippen molar-refractivity contribution in [2.45, 2.75) is 69.5 Å². The van der Waals surface area contributed by atoms with E-state index in [4.69, 9.17) is 4.42 Å². The molecule has 0 amide bonds. The first-order chi connectivity index (χ1) is 9.95. The monoisotopic (exact) mass is 312 g/mol. The number of sulfonamides is 1. The molecule has 2 fully saturated rings. The van der Waals surface area contributed by atoms with Crippen LogP contribution >= 0.6 is 0 Å². The van der Waals surface area contributed by atoms with E-state index in [0.29, 0.717) is 30.0 Å². The molecular weight excluding hydrogens is 288 g/mol. The van der Waals surface area contributed by atoms with E-state index in [-0.39, 0.29) is 10.9 Å². The van der Waals surface area contributed by atoms with Gasteiger partial charge in [-0.1, -0.05) is 13.3 Å². The van der Waals surface area contributed by atoms with Gasteiger partial charge in [0.05, 0.1) is 6.54 Å². The predicted molar refractivity (Wildman–Crippen MR) is 80.4 cm³/mol. The maximum atomic E-state index is 12.5. The molecule has 0 aromatic carbocycles. The van der Waals surface area contributed by atoms with E-state index in [1.54, 1.807) is 13.0 Å². The highest BCUT2D eigenvalue weighted by Crippen LogP contribution is 2.28. The molecule has 5 nitrogen and oxygen atoms in total. The highest BCUT2D eigenvalue weighted by Gasteiger charge is 2.30. The van der Waals surface area contributed by atoms with Crippen molar-refractivity contribution in [3.05, 3.63) is 17.6 Å². The summed E-state index contributed by atoms with van der Waals surface area (Å²) in [5, 5.41) is 3.34. The average Bonchev–Trinajstić information content (AvgIpc) is 3.05. The number of nitrogens with one attached hydrogen (secondary N) is 2. The van der Waals surface area contributed by atoms with E-state index in [2.05, 4.69) is 17.0 Å². The number of furan rings is 1. The van der Waals surface area contributed by atoms with Gasteiger partial charge in [0, 0.05) is 18.2 Å². The minimum atomic E-state index is -3.48. The largest absolute Gasteiger partial charge is 0.464 e. The van der Waals surface area contributed by atoms with Crippen molar-refractivity contribution >= 4 is 10.0 Å². The van der Waals surface area contributed by atoms with Crippen LogP contribution < -0.4 is 10.0 Å². The second-order valence-electron chi connectivity index (χ2n) is 6.42. The Morgan fingerprint density at radius 2 is 2.05 bits per heavy atom. The van der Waals surface area contributed by atoms with Crippen LogP contribution in [0.5, 0.6) is 0 Å². The van der Waals surface area contributed by atoms with Crippen LogP contribution in [-0.4, -0.2) is 20.5 Å². The zero-order chi connectivity index (χ0) is 15.0. The number of hydrogen-bond acceptors (Lipinski definition) is 4. The van der Waals surface area contributed by atoms with E-state index in [9.17, 15) is 8.42 Å². The lowest BCUT2D eigenvalue weighted by atomic mass is 10.1. The van der Waals surface area contributed by atoms with Gasteiger partial charge in [0.25, 0.3) is 0 Å². The molecule has 2 saturated carbocycles. The van der Waals surface area contributed by atoms with E-state index in [1.807, 2.05) is 0 Å². The Labute approximate surface area is 126 Å². The first-order valence-corrected chi connectivity index (χ1v) is 9.29. The molecule has 0 aliphatic heterocycles. The molecule has 2 aliphatic carbocycles. The van der Waals surface area contributed by atoms with Crippen molar-refractivity contribution in [2.24, 2.45) is 5.92 Å². The summed E-state index contributed by atoms with van der Waals surface area (Å²) in [7, 11) is -3.48. The lowest BCUT2D eigenvalue weighted by molar-refractivity contribution is 0.453. The summed E-state index contributed by atoms with van der Waals surface area (Å²) >= 11 is 0. The Hall–Kier alpha value is -0.850. The first-order valence-electron chi connectivity index (χ1n) is 7.81. The summed E-state index contributed by atoms with van der Waals surface area (Å²) in [6.45, 7) is 4.42. The lowest BCUT2D eigenvalue weighted by Crippen LogP contribution is -2.36. The molecule has 1 heterocycles. The first kappa shape index (κ1) is 15.1. The van der Waals surface area contributed by atoms with Crippen LogP contribution in [0.1, 0.15) is 50.5 Å². The minimum absolute atomic E-state index is 0.0531. The standard InChI is InChI=1S/C15H24N2O3S/c1-10-4-3-5-14(10)17-21(18,19)15-8-13(20-11(15)2)9-16-12-6-7-12/h8,10,12,14,16-17H,3-7,9H2,1-2H3. The van der Waals surface area contributed by atoms with Gasteiger partial charge in [-0.2, -0.15) is 0 Å². The van der Waals surface area contributed by atoms with Crippen LogP contribution in [0.15, 0.2) is 15.4 Å². The van der Waals surface area contributed by atoms with E-state index >= 15 is 0 Å². The number of hydrogen-bond donors (Lipinski definition) is 2. The van der Waals surface area contributed by atoms with Gasteiger partial charge in [0.15, 0.2) is 0 Å². The topological polar surface area (TPSA) is 71.3 Å². The molecule has 118 valence electrons. The highest BCUT2D eigenvalue weighted by molar-refractivity contribution is 7.89. The molecular formula is C15H24N2O3S. The number of rotatable bonds is 6. The second-order valence-corrected chi connectivity index (χ2v) is 8.11. The summed E-state index contributed by atoms with van der Waals surface area (Å²) < 4.78 is 33.5. The van der Waals surface area contributed by atoms with Crippen molar-refractivity contribution in [3.63, 3.8) is 0 Å². The molecule has 6 heteroatoms. The molecule has 1 aromatic rings. The lowest BCUT2D eigenvalue weighted by Gasteiger charge is -2.16. The molecule has 0 bridgehead atoms. The third-order valence-corrected chi connectivity index (χ3v) is 6.12. The van der Waals surface area contributed by atoms with Gasteiger partial charge in [-0.3, -0.25) is 0 Å². The van der Waals surface area contributed by atoms with Crippen molar-refractivity contribution in [1.82, 2.24) is 10.0 Å². The molecule has 2 N–H and O–H groups in total. The molecule has 0 saturated heterocycles. The molecule has 3 rings (SSSR count). The fraction of sp³-hybridized carbons (Fsp3) is 0.733. The van der Waals surface area contributed by atoms with Gasteiger partial charge in [-0.05, 0) is 38.5 Å². The van der Waals surface area contributed by atoms with Gasteiger partial charge in [0.2, 0.25) is 10.0 Å². The Balaban J connectivity index is 1.71. The average molecular weight is 312 g/mol. The third-order valence-electron chi connectivity index (χ3n) is 4.52. The van der Waals surface area contributed by atoms with Gasteiger partial charge >= 0.3 is 0 Å². The van der Waals surface area contributed by atoms with Crippen molar-refractivity contribution in [2.75, 3.05) is 0 Å². The summed E-state index contributed by atoms with van der Waals surface area (Å²) in [6.07, 6.45) is 5.51. The van der Waals surface area contributed by atoms with Crippen molar-refractivity contribution in [1.29, 1.82) is 0 Å². The quantitative estimate of drug-likeness (QED) is 0.845. The molecule has 21 heavy (non-hydrogen) atoms. The highest BCUT2D eigenvalue weighted by atomic mass is 32.2. The second kappa shape index (κ2) is 5.74. The molecule has 2 aliphatic rings. The van der Waals surface area contributed by atoms with E-state index < -0.39 is 10.0 Å². The zero-order valence-corrected chi connectivity index (χ0v) is 13.5. The summed E-state index contributed by atoms with van der Waals surface area (Å²) in [4.78, 5) is 0.286. The SMILES string of the molecule is Cc1oc(CNC2CC2)cc1S(=O)(=O)NC1CCCC1C. The Morgan fingerprint density at radius 3 is 2.67 bits per heavy atom.